The van der Waals surface area contributed by atoms with Gasteiger partial charge in [-0.1, -0.05) is 19.3 Å². The predicted octanol–water partition coefficient (Wildman–Crippen LogP) is 1.39. The van der Waals surface area contributed by atoms with E-state index in [1.54, 1.807) is 0 Å². The van der Waals surface area contributed by atoms with Crippen LogP contribution in [0.1, 0.15) is 38.5 Å². The number of guanidine groups is 1. The lowest BCUT2D eigenvalue weighted by atomic mass is 10.1. The highest BCUT2D eigenvalue weighted by atomic mass is 127. The standard InChI is InChI=1S/C10H21N3O2.HI/c1-15-9(14)7-5-3-2-4-6-8-13-10(11)12;/h2-8H2,1H3,(H4,11,12,13);1H. The number of carbonyl (C=O) groups excluding carboxylic acids is 1. The number of carbonyl (C=O) groups is 1. The zero-order chi connectivity index (χ0) is 11.5. The fourth-order valence-corrected chi connectivity index (χ4v) is 1.22. The van der Waals surface area contributed by atoms with Crippen LogP contribution in [-0.2, 0) is 9.53 Å². The van der Waals surface area contributed by atoms with E-state index in [4.69, 9.17) is 11.5 Å². The van der Waals surface area contributed by atoms with E-state index in [0.29, 0.717) is 13.0 Å². The molecule has 0 aromatic carbocycles. The molecule has 0 saturated carbocycles. The number of hydrogen-bond donors (Lipinski definition) is 2. The lowest BCUT2D eigenvalue weighted by molar-refractivity contribution is -0.140. The predicted molar refractivity (Wildman–Crippen MR) is 75.8 cm³/mol. The fraction of sp³-hybridized carbons (Fsp3) is 0.800. The zero-order valence-corrected chi connectivity index (χ0v) is 12.1. The Balaban J connectivity index is 0. The number of esters is 1. The number of nitrogens with two attached hydrogens (primary N) is 2. The molecule has 0 saturated heterocycles. The van der Waals surface area contributed by atoms with E-state index in [9.17, 15) is 4.79 Å². The molecular weight excluding hydrogens is 321 g/mol. The molecule has 96 valence electrons. The van der Waals surface area contributed by atoms with Crippen molar-refractivity contribution >= 4 is 35.9 Å². The highest BCUT2D eigenvalue weighted by molar-refractivity contribution is 14.0. The van der Waals surface area contributed by atoms with Gasteiger partial charge in [-0.15, -0.1) is 24.0 Å². The monoisotopic (exact) mass is 343 g/mol. The Kier molecular flexibility index (Phi) is 14.0. The van der Waals surface area contributed by atoms with Crippen LogP contribution in [0.15, 0.2) is 4.99 Å². The maximum atomic E-state index is 10.8. The van der Waals surface area contributed by atoms with Crippen molar-refractivity contribution in [3.05, 3.63) is 0 Å². The molecule has 6 heteroatoms. The van der Waals surface area contributed by atoms with Crippen LogP contribution in [0.2, 0.25) is 0 Å². The van der Waals surface area contributed by atoms with Crippen molar-refractivity contribution in [3.8, 4) is 0 Å². The summed E-state index contributed by atoms with van der Waals surface area (Å²) in [6, 6.07) is 0. The minimum atomic E-state index is -0.129. The van der Waals surface area contributed by atoms with Gasteiger partial charge in [-0.05, 0) is 12.8 Å². The Labute approximate surface area is 114 Å². The number of ether oxygens (including phenoxy) is 1. The van der Waals surface area contributed by atoms with Crippen molar-refractivity contribution in [3.63, 3.8) is 0 Å². The molecule has 5 nitrogen and oxygen atoms in total. The summed E-state index contributed by atoms with van der Waals surface area (Å²) in [6.45, 7) is 0.694. The summed E-state index contributed by atoms with van der Waals surface area (Å²) < 4.78 is 4.54. The lowest BCUT2D eigenvalue weighted by Gasteiger charge is -2.00. The molecule has 0 bridgehead atoms. The van der Waals surface area contributed by atoms with Gasteiger partial charge < -0.3 is 16.2 Å². The highest BCUT2D eigenvalue weighted by Gasteiger charge is 1.98. The molecule has 0 fully saturated rings. The van der Waals surface area contributed by atoms with Gasteiger partial charge in [0.05, 0.1) is 7.11 Å². The van der Waals surface area contributed by atoms with Crippen LogP contribution in [-0.4, -0.2) is 25.6 Å². The lowest BCUT2D eigenvalue weighted by Crippen LogP contribution is -2.22. The maximum Gasteiger partial charge on any atom is 0.305 e. The van der Waals surface area contributed by atoms with Crippen LogP contribution >= 0.6 is 24.0 Å². The molecule has 0 aliphatic carbocycles. The number of nitrogens with zero attached hydrogens (tertiary/aromatic N) is 1. The van der Waals surface area contributed by atoms with Gasteiger partial charge in [0.25, 0.3) is 0 Å². The van der Waals surface area contributed by atoms with Crippen LogP contribution in [0, 0.1) is 0 Å². The molecule has 0 aromatic rings. The van der Waals surface area contributed by atoms with Crippen molar-refractivity contribution < 1.29 is 9.53 Å². The van der Waals surface area contributed by atoms with E-state index in [-0.39, 0.29) is 35.9 Å². The first-order chi connectivity index (χ1) is 7.16. The molecule has 4 N–H and O–H groups in total. The van der Waals surface area contributed by atoms with E-state index in [0.717, 1.165) is 32.1 Å². The molecule has 0 amide bonds. The minimum Gasteiger partial charge on any atom is -0.469 e. The fourth-order valence-electron chi connectivity index (χ4n) is 1.22. The van der Waals surface area contributed by atoms with Crippen molar-refractivity contribution in [1.29, 1.82) is 0 Å². The molecule has 0 aliphatic rings. The Morgan fingerprint density at radius 3 is 2.25 bits per heavy atom. The summed E-state index contributed by atoms with van der Waals surface area (Å²) in [5.74, 6) is 0.0243. The number of methoxy groups -OCH3 is 1. The van der Waals surface area contributed by atoms with Crippen molar-refractivity contribution in [2.75, 3.05) is 13.7 Å². The molecule has 0 radical (unpaired) electrons. The first-order valence-electron chi connectivity index (χ1n) is 5.29. The summed E-state index contributed by atoms with van der Waals surface area (Å²) in [5.41, 5.74) is 10.4. The van der Waals surface area contributed by atoms with Crippen molar-refractivity contribution in [2.45, 2.75) is 38.5 Å². The van der Waals surface area contributed by atoms with Gasteiger partial charge in [0, 0.05) is 13.0 Å². The number of halogens is 1. The minimum absolute atomic E-state index is 0. The van der Waals surface area contributed by atoms with Crippen LogP contribution < -0.4 is 11.5 Å². The molecule has 0 heterocycles. The third kappa shape index (κ3) is 13.5. The first kappa shape index (κ1) is 17.9. The van der Waals surface area contributed by atoms with Gasteiger partial charge in [0.15, 0.2) is 5.96 Å². The second-order valence-corrected chi connectivity index (χ2v) is 3.40. The Morgan fingerprint density at radius 1 is 1.12 bits per heavy atom. The number of hydrogen-bond acceptors (Lipinski definition) is 3. The van der Waals surface area contributed by atoms with Gasteiger partial charge in [-0.25, -0.2) is 0 Å². The SMILES string of the molecule is COC(=O)CCCCCCCN=C(N)N.I. The normalized spacial score (nSPS) is 9.06. The van der Waals surface area contributed by atoms with Gasteiger partial charge in [0.1, 0.15) is 0 Å². The summed E-state index contributed by atoms with van der Waals surface area (Å²) in [6.07, 6.45) is 5.67. The average Bonchev–Trinajstić information content (AvgIpc) is 2.21. The third-order valence-corrected chi connectivity index (χ3v) is 2.06. The topological polar surface area (TPSA) is 90.7 Å². The van der Waals surface area contributed by atoms with Crippen LogP contribution in [0.3, 0.4) is 0 Å². The van der Waals surface area contributed by atoms with E-state index in [1.165, 1.54) is 7.11 Å². The quantitative estimate of drug-likeness (QED) is 0.229. The van der Waals surface area contributed by atoms with Crippen molar-refractivity contribution in [1.82, 2.24) is 0 Å². The smallest absolute Gasteiger partial charge is 0.305 e. The van der Waals surface area contributed by atoms with Gasteiger partial charge in [0.2, 0.25) is 0 Å². The molecule has 0 aliphatic heterocycles. The first-order valence-corrected chi connectivity index (χ1v) is 5.29. The molecular formula is C10H22IN3O2. The average molecular weight is 343 g/mol. The molecule has 0 atom stereocenters. The van der Waals surface area contributed by atoms with Crippen LogP contribution in [0.5, 0.6) is 0 Å². The van der Waals surface area contributed by atoms with Gasteiger partial charge in [-0.3, -0.25) is 9.79 Å². The van der Waals surface area contributed by atoms with E-state index >= 15 is 0 Å². The largest absolute Gasteiger partial charge is 0.469 e. The third-order valence-electron chi connectivity index (χ3n) is 2.06. The highest BCUT2D eigenvalue weighted by Crippen LogP contribution is 2.05. The van der Waals surface area contributed by atoms with Crippen LogP contribution in [0.25, 0.3) is 0 Å². The summed E-state index contributed by atoms with van der Waals surface area (Å²) in [5, 5.41) is 0. The number of rotatable bonds is 8. The molecule has 0 aromatic heterocycles. The Hall–Kier alpha value is -0.530. The molecule has 0 unspecified atom stereocenters. The zero-order valence-electron chi connectivity index (χ0n) is 9.78. The van der Waals surface area contributed by atoms with Crippen LogP contribution in [0.4, 0.5) is 0 Å². The molecule has 16 heavy (non-hydrogen) atoms. The Bertz CT molecular complexity index is 206. The second-order valence-electron chi connectivity index (χ2n) is 3.40. The number of aliphatic imine (C=N–C) groups is 1. The molecule has 0 spiro atoms. The van der Waals surface area contributed by atoms with Gasteiger partial charge in [-0.2, -0.15) is 0 Å². The maximum absolute atomic E-state index is 10.8. The van der Waals surface area contributed by atoms with E-state index < -0.39 is 0 Å². The number of unbranched alkanes of at least 4 members (excludes halogenated alkanes) is 4. The Morgan fingerprint density at radius 2 is 1.69 bits per heavy atom. The second kappa shape index (κ2) is 12.5. The summed E-state index contributed by atoms with van der Waals surface area (Å²) in [7, 11) is 1.41. The van der Waals surface area contributed by atoms with Gasteiger partial charge >= 0.3 is 5.97 Å². The van der Waals surface area contributed by atoms with Crippen molar-refractivity contribution in [2.24, 2.45) is 16.5 Å². The summed E-state index contributed by atoms with van der Waals surface area (Å²) in [4.78, 5) is 14.6. The summed E-state index contributed by atoms with van der Waals surface area (Å²) >= 11 is 0. The van der Waals surface area contributed by atoms with E-state index in [2.05, 4.69) is 9.73 Å². The molecule has 0 rings (SSSR count). The van der Waals surface area contributed by atoms with E-state index in [1.807, 2.05) is 0 Å².